The molecule has 1 aliphatic heterocycles. The number of allylic oxidation sites excluding steroid dienone is 1. The van der Waals surface area contributed by atoms with E-state index in [0.717, 1.165) is 11.9 Å². The Hall–Kier alpha value is -0.240. The van der Waals surface area contributed by atoms with E-state index in [1.807, 2.05) is 11.8 Å². The van der Waals surface area contributed by atoms with Crippen molar-refractivity contribution in [1.29, 1.82) is 0 Å². The van der Waals surface area contributed by atoms with Crippen LogP contribution < -0.4 is 0 Å². The van der Waals surface area contributed by atoms with Gasteiger partial charge in [0.15, 0.2) is 0 Å². The van der Waals surface area contributed by atoms with Crippen molar-refractivity contribution in [2.75, 3.05) is 11.5 Å². The van der Waals surface area contributed by atoms with Gasteiger partial charge in [0.2, 0.25) is 0 Å². The highest BCUT2D eigenvalue weighted by Crippen LogP contribution is 2.28. The maximum absolute atomic E-state index is 10.2. The van der Waals surface area contributed by atoms with E-state index in [1.54, 1.807) is 0 Å². The van der Waals surface area contributed by atoms with E-state index in [-0.39, 0.29) is 0 Å². The summed E-state index contributed by atoms with van der Waals surface area (Å²) in [5.74, 6) is 3.10. The molecule has 1 aliphatic rings. The minimum absolute atomic E-state index is 0.565. The van der Waals surface area contributed by atoms with Gasteiger partial charge in [-0.25, -0.2) is 0 Å². The van der Waals surface area contributed by atoms with E-state index < -0.39 is 0 Å². The molecule has 0 atom stereocenters. The molecule has 0 bridgehead atoms. The summed E-state index contributed by atoms with van der Waals surface area (Å²) in [6, 6.07) is 0. The lowest BCUT2D eigenvalue weighted by atomic mass is 9.93. The average Bonchev–Trinajstić information content (AvgIpc) is 2.07. The largest absolute Gasteiger partial charge is 0.303 e. The van der Waals surface area contributed by atoms with Gasteiger partial charge in [-0.2, -0.15) is 11.8 Å². The summed E-state index contributed by atoms with van der Waals surface area (Å²) >= 11 is 2.00. The van der Waals surface area contributed by atoms with E-state index in [9.17, 15) is 4.79 Å². The first-order valence-electron chi connectivity index (χ1n) is 4.03. The van der Waals surface area contributed by atoms with Crippen molar-refractivity contribution in [3.05, 3.63) is 12.2 Å². The topological polar surface area (TPSA) is 17.1 Å². The number of rotatable bonds is 3. The first kappa shape index (κ1) is 8.85. The van der Waals surface area contributed by atoms with E-state index >= 15 is 0 Å². The van der Waals surface area contributed by atoms with Crippen molar-refractivity contribution in [1.82, 2.24) is 0 Å². The van der Waals surface area contributed by atoms with E-state index in [2.05, 4.69) is 6.58 Å². The molecule has 1 nitrogen and oxygen atoms in total. The molecule has 0 amide bonds. The Balaban J connectivity index is 2.32. The Kier molecular flexibility index (Phi) is 3.70. The summed E-state index contributed by atoms with van der Waals surface area (Å²) in [7, 11) is 0. The van der Waals surface area contributed by atoms with Crippen molar-refractivity contribution in [3.63, 3.8) is 0 Å². The summed E-state index contributed by atoms with van der Waals surface area (Å²) in [4.78, 5) is 10.2. The van der Waals surface area contributed by atoms with Gasteiger partial charge in [-0.15, -0.1) is 0 Å². The predicted molar refractivity (Wildman–Crippen MR) is 49.9 cm³/mol. The van der Waals surface area contributed by atoms with Crippen LogP contribution in [0, 0.1) is 5.92 Å². The highest BCUT2D eigenvalue weighted by Gasteiger charge is 2.15. The Morgan fingerprint density at radius 1 is 1.55 bits per heavy atom. The molecule has 0 saturated carbocycles. The molecular formula is C9H14OS. The summed E-state index contributed by atoms with van der Waals surface area (Å²) in [6.45, 7) is 3.93. The summed E-state index contributed by atoms with van der Waals surface area (Å²) < 4.78 is 0. The maximum Gasteiger partial charge on any atom is 0.124 e. The normalized spacial score (nSPS) is 19.6. The fourth-order valence-electron chi connectivity index (χ4n) is 1.38. The zero-order valence-corrected chi connectivity index (χ0v) is 7.53. The number of thioether (sulfide) groups is 1. The van der Waals surface area contributed by atoms with Gasteiger partial charge in [-0.1, -0.05) is 12.2 Å². The number of aldehydes is 1. The van der Waals surface area contributed by atoms with Crippen LogP contribution in [0.1, 0.15) is 19.3 Å². The zero-order valence-electron chi connectivity index (χ0n) is 6.71. The quantitative estimate of drug-likeness (QED) is 0.477. The highest BCUT2D eigenvalue weighted by molar-refractivity contribution is 7.99. The van der Waals surface area contributed by atoms with E-state index in [4.69, 9.17) is 0 Å². The maximum atomic E-state index is 10.2. The predicted octanol–water partition coefficient (Wildman–Crippen LogP) is 2.27. The fourth-order valence-corrected chi connectivity index (χ4v) is 2.49. The third-order valence-corrected chi connectivity index (χ3v) is 3.19. The van der Waals surface area contributed by atoms with Crippen LogP contribution in [0.25, 0.3) is 0 Å². The lowest BCUT2D eigenvalue weighted by molar-refractivity contribution is -0.107. The van der Waals surface area contributed by atoms with Gasteiger partial charge in [0.1, 0.15) is 6.29 Å². The van der Waals surface area contributed by atoms with Crippen LogP contribution >= 0.6 is 11.8 Å². The van der Waals surface area contributed by atoms with Crippen molar-refractivity contribution < 1.29 is 4.79 Å². The van der Waals surface area contributed by atoms with Crippen LogP contribution in [0.4, 0.5) is 0 Å². The van der Waals surface area contributed by atoms with Crippen molar-refractivity contribution in [2.45, 2.75) is 19.3 Å². The molecule has 1 fully saturated rings. The van der Waals surface area contributed by atoms with Crippen LogP contribution in [0.3, 0.4) is 0 Å². The molecule has 0 aliphatic carbocycles. The monoisotopic (exact) mass is 170 g/mol. The second-order valence-electron chi connectivity index (χ2n) is 2.92. The van der Waals surface area contributed by atoms with Gasteiger partial charge >= 0.3 is 0 Å². The Labute approximate surface area is 72.2 Å². The molecule has 1 saturated heterocycles. The Morgan fingerprint density at radius 3 is 2.73 bits per heavy atom. The molecule has 11 heavy (non-hydrogen) atoms. The average molecular weight is 170 g/mol. The number of hydrogen-bond donors (Lipinski definition) is 0. The molecule has 0 N–H and O–H groups in total. The first-order valence-corrected chi connectivity index (χ1v) is 5.19. The van der Waals surface area contributed by atoms with Gasteiger partial charge in [0, 0.05) is 6.42 Å². The third kappa shape index (κ3) is 2.70. The SMILES string of the molecule is C=C(CC=O)C1CCSCC1. The molecular weight excluding hydrogens is 156 g/mol. The first-order chi connectivity index (χ1) is 5.34. The van der Waals surface area contributed by atoms with Crippen LogP contribution in [-0.4, -0.2) is 17.8 Å². The minimum Gasteiger partial charge on any atom is -0.303 e. The third-order valence-electron chi connectivity index (χ3n) is 2.14. The van der Waals surface area contributed by atoms with Crippen molar-refractivity contribution >= 4 is 18.0 Å². The molecule has 0 aromatic carbocycles. The van der Waals surface area contributed by atoms with Gasteiger partial charge in [-0.05, 0) is 30.3 Å². The second-order valence-corrected chi connectivity index (χ2v) is 4.14. The van der Waals surface area contributed by atoms with E-state index in [1.165, 1.54) is 24.3 Å². The molecule has 1 heterocycles. The number of hydrogen-bond acceptors (Lipinski definition) is 2. The second kappa shape index (κ2) is 4.60. The molecule has 0 unspecified atom stereocenters. The summed E-state index contributed by atoms with van der Waals surface area (Å²) in [6.07, 6.45) is 3.97. The minimum atomic E-state index is 0.565. The lowest BCUT2D eigenvalue weighted by Crippen LogP contribution is -2.11. The standard InChI is InChI=1S/C9H14OS/c1-8(2-5-10)9-3-6-11-7-4-9/h5,9H,1-4,6-7H2. The Morgan fingerprint density at radius 2 is 2.18 bits per heavy atom. The van der Waals surface area contributed by atoms with Crippen LogP contribution in [0.5, 0.6) is 0 Å². The summed E-state index contributed by atoms with van der Waals surface area (Å²) in [5.41, 5.74) is 1.14. The van der Waals surface area contributed by atoms with Crippen LogP contribution in [-0.2, 0) is 4.79 Å². The molecule has 1 rings (SSSR count). The van der Waals surface area contributed by atoms with Crippen molar-refractivity contribution in [2.24, 2.45) is 5.92 Å². The van der Waals surface area contributed by atoms with Gasteiger partial charge < -0.3 is 4.79 Å². The smallest absolute Gasteiger partial charge is 0.124 e. The van der Waals surface area contributed by atoms with E-state index in [0.29, 0.717) is 12.3 Å². The van der Waals surface area contributed by atoms with Crippen molar-refractivity contribution in [3.8, 4) is 0 Å². The zero-order chi connectivity index (χ0) is 8.10. The Bertz CT molecular complexity index is 148. The van der Waals surface area contributed by atoms with Crippen LogP contribution in [0.2, 0.25) is 0 Å². The molecule has 0 spiro atoms. The summed E-state index contributed by atoms with van der Waals surface area (Å²) in [5, 5.41) is 0. The molecule has 0 radical (unpaired) electrons. The van der Waals surface area contributed by atoms with Gasteiger partial charge in [0.05, 0.1) is 0 Å². The molecule has 2 heteroatoms. The fraction of sp³-hybridized carbons (Fsp3) is 0.667. The van der Waals surface area contributed by atoms with Gasteiger partial charge in [0.25, 0.3) is 0 Å². The number of carbonyl (C=O) groups excluding carboxylic acids is 1. The lowest BCUT2D eigenvalue weighted by Gasteiger charge is -2.22. The molecule has 0 aromatic heterocycles. The van der Waals surface area contributed by atoms with Gasteiger partial charge in [-0.3, -0.25) is 0 Å². The number of carbonyl (C=O) groups is 1. The molecule has 62 valence electrons. The van der Waals surface area contributed by atoms with Crippen LogP contribution in [0.15, 0.2) is 12.2 Å². The molecule has 0 aromatic rings. The highest BCUT2D eigenvalue weighted by atomic mass is 32.2.